The largest absolute Gasteiger partial charge is 0.396 e. The third-order valence-electron chi connectivity index (χ3n) is 2.47. The number of aryl methyl sites for hydroxylation is 1. The smallest absolute Gasteiger partial charge is 0.281 e. The van der Waals surface area contributed by atoms with Crippen molar-refractivity contribution in [1.82, 2.24) is 4.98 Å². The third-order valence-corrected chi connectivity index (χ3v) is 3.82. The number of nitrogen functional groups attached to an aromatic ring is 1. The molecule has 0 saturated heterocycles. The Hall–Kier alpha value is -2.15. The molecule has 2 rings (SSSR count). The van der Waals surface area contributed by atoms with Gasteiger partial charge in [-0.3, -0.25) is 4.72 Å². The van der Waals surface area contributed by atoms with Crippen LogP contribution in [0.5, 0.6) is 0 Å². The number of sulfonamides is 1. The summed E-state index contributed by atoms with van der Waals surface area (Å²) in [6, 6.07) is 6.90. The van der Waals surface area contributed by atoms with Gasteiger partial charge in [0.2, 0.25) is 0 Å². The molecule has 0 radical (unpaired) electrons. The van der Waals surface area contributed by atoms with Crippen molar-refractivity contribution in [2.75, 3.05) is 10.5 Å². The van der Waals surface area contributed by atoms with Crippen molar-refractivity contribution in [2.45, 2.75) is 11.9 Å². The van der Waals surface area contributed by atoms with Gasteiger partial charge in [0.1, 0.15) is 5.82 Å². The first-order valence-corrected chi connectivity index (χ1v) is 6.88. The maximum atomic E-state index is 13.1. The Balaban J connectivity index is 2.37. The van der Waals surface area contributed by atoms with E-state index in [1.54, 1.807) is 6.92 Å². The van der Waals surface area contributed by atoms with Gasteiger partial charge in [-0.1, -0.05) is 0 Å². The van der Waals surface area contributed by atoms with E-state index in [4.69, 9.17) is 5.73 Å². The molecule has 0 spiro atoms. The van der Waals surface area contributed by atoms with E-state index in [1.165, 1.54) is 36.5 Å². The molecular formula is C12H12FN3O2S. The topological polar surface area (TPSA) is 85.1 Å². The quantitative estimate of drug-likeness (QED) is 0.900. The van der Waals surface area contributed by atoms with E-state index in [1.807, 2.05) is 0 Å². The number of pyridine rings is 1. The summed E-state index contributed by atoms with van der Waals surface area (Å²) < 4.78 is 39.6. The second kappa shape index (κ2) is 4.85. The van der Waals surface area contributed by atoms with Gasteiger partial charge in [-0.15, -0.1) is 0 Å². The number of rotatable bonds is 3. The van der Waals surface area contributed by atoms with Crippen LogP contribution in [0.25, 0.3) is 0 Å². The van der Waals surface area contributed by atoms with E-state index >= 15 is 0 Å². The lowest BCUT2D eigenvalue weighted by atomic mass is 10.2. The average Bonchev–Trinajstić information content (AvgIpc) is 2.34. The van der Waals surface area contributed by atoms with E-state index in [0.29, 0.717) is 5.56 Å². The lowest BCUT2D eigenvalue weighted by Crippen LogP contribution is -2.16. The zero-order chi connectivity index (χ0) is 14.0. The molecular weight excluding hydrogens is 269 g/mol. The fourth-order valence-corrected chi connectivity index (χ4v) is 2.65. The first-order valence-electron chi connectivity index (χ1n) is 5.39. The molecule has 0 atom stereocenters. The minimum Gasteiger partial charge on any atom is -0.396 e. The Labute approximate surface area is 110 Å². The maximum Gasteiger partial charge on any atom is 0.281 e. The van der Waals surface area contributed by atoms with Crippen LogP contribution in [0, 0.1) is 12.7 Å². The van der Waals surface area contributed by atoms with E-state index in [0.717, 1.165) is 0 Å². The summed E-state index contributed by atoms with van der Waals surface area (Å²) >= 11 is 0. The van der Waals surface area contributed by atoms with Gasteiger partial charge in [-0.25, -0.2) is 9.37 Å². The zero-order valence-corrected chi connectivity index (χ0v) is 10.9. The van der Waals surface area contributed by atoms with E-state index < -0.39 is 15.8 Å². The SMILES string of the molecule is Cc1cc(NS(=O)(=O)c2ncccc2N)ccc1F. The normalized spacial score (nSPS) is 11.3. The minimum absolute atomic E-state index is 0.0498. The number of anilines is 2. The van der Waals surface area contributed by atoms with Crippen molar-refractivity contribution in [1.29, 1.82) is 0 Å². The lowest BCUT2D eigenvalue weighted by molar-refractivity contribution is 0.598. The van der Waals surface area contributed by atoms with Crippen molar-refractivity contribution in [3.8, 4) is 0 Å². The van der Waals surface area contributed by atoms with Gasteiger partial charge in [0.25, 0.3) is 10.0 Å². The highest BCUT2D eigenvalue weighted by atomic mass is 32.2. The van der Waals surface area contributed by atoms with E-state index in [-0.39, 0.29) is 16.4 Å². The number of hydrogen-bond donors (Lipinski definition) is 2. The average molecular weight is 281 g/mol. The maximum absolute atomic E-state index is 13.1. The summed E-state index contributed by atoms with van der Waals surface area (Å²) in [7, 11) is -3.88. The molecule has 0 unspecified atom stereocenters. The molecule has 19 heavy (non-hydrogen) atoms. The number of nitrogens with one attached hydrogen (secondary N) is 1. The Kier molecular flexibility index (Phi) is 3.39. The molecule has 0 saturated carbocycles. The number of aromatic nitrogens is 1. The Morgan fingerprint density at radius 3 is 2.68 bits per heavy atom. The minimum atomic E-state index is -3.88. The first-order chi connectivity index (χ1) is 8.90. The second-order valence-corrected chi connectivity index (χ2v) is 5.56. The number of nitrogens with zero attached hydrogens (tertiary/aromatic N) is 1. The molecule has 0 aliphatic rings. The van der Waals surface area contributed by atoms with Gasteiger partial charge in [0.05, 0.1) is 5.69 Å². The molecule has 100 valence electrons. The molecule has 0 aliphatic carbocycles. The molecule has 5 nitrogen and oxygen atoms in total. The monoisotopic (exact) mass is 281 g/mol. The van der Waals surface area contributed by atoms with E-state index in [9.17, 15) is 12.8 Å². The summed E-state index contributed by atoms with van der Waals surface area (Å²) in [4.78, 5) is 3.74. The first kappa shape index (κ1) is 13.3. The third kappa shape index (κ3) is 2.82. The van der Waals surface area contributed by atoms with Crippen LogP contribution >= 0.6 is 0 Å². The van der Waals surface area contributed by atoms with Gasteiger partial charge < -0.3 is 5.73 Å². The van der Waals surface area contributed by atoms with Crippen molar-refractivity contribution in [3.05, 3.63) is 47.9 Å². The van der Waals surface area contributed by atoms with Crippen LogP contribution in [0.1, 0.15) is 5.56 Å². The molecule has 2 aromatic rings. The molecule has 0 bridgehead atoms. The van der Waals surface area contributed by atoms with Gasteiger partial charge in [-0.2, -0.15) is 8.42 Å². The summed E-state index contributed by atoms with van der Waals surface area (Å²) in [6.45, 7) is 1.54. The van der Waals surface area contributed by atoms with Crippen LogP contribution in [0.3, 0.4) is 0 Å². The summed E-state index contributed by atoms with van der Waals surface area (Å²) in [5, 5.41) is -0.253. The summed E-state index contributed by atoms with van der Waals surface area (Å²) in [5.41, 5.74) is 6.22. The number of benzene rings is 1. The van der Waals surface area contributed by atoms with E-state index in [2.05, 4.69) is 9.71 Å². The lowest BCUT2D eigenvalue weighted by Gasteiger charge is -2.09. The van der Waals surface area contributed by atoms with Gasteiger partial charge in [0, 0.05) is 11.9 Å². The van der Waals surface area contributed by atoms with Crippen molar-refractivity contribution >= 4 is 21.4 Å². The van der Waals surface area contributed by atoms with Crippen LogP contribution in [0.4, 0.5) is 15.8 Å². The van der Waals surface area contributed by atoms with Gasteiger partial charge >= 0.3 is 0 Å². The molecule has 0 amide bonds. The Morgan fingerprint density at radius 1 is 1.32 bits per heavy atom. The molecule has 7 heteroatoms. The molecule has 1 aromatic heterocycles. The molecule has 0 fully saturated rings. The predicted molar refractivity (Wildman–Crippen MR) is 70.6 cm³/mol. The number of halogens is 1. The Morgan fingerprint density at radius 2 is 2.05 bits per heavy atom. The van der Waals surface area contributed by atoms with Crippen molar-refractivity contribution in [3.63, 3.8) is 0 Å². The van der Waals surface area contributed by atoms with Crippen LogP contribution < -0.4 is 10.5 Å². The number of hydrogen-bond acceptors (Lipinski definition) is 4. The second-order valence-electron chi connectivity index (χ2n) is 3.97. The summed E-state index contributed by atoms with van der Waals surface area (Å²) in [6.07, 6.45) is 1.33. The highest BCUT2D eigenvalue weighted by Crippen LogP contribution is 2.20. The van der Waals surface area contributed by atoms with Crippen LogP contribution in [-0.4, -0.2) is 13.4 Å². The zero-order valence-electron chi connectivity index (χ0n) is 10.1. The molecule has 0 aliphatic heterocycles. The van der Waals surface area contributed by atoms with Crippen molar-refractivity contribution < 1.29 is 12.8 Å². The highest BCUT2D eigenvalue weighted by Gasteiger charge is 2.19. The molecule has 3 N–H and O–H groups in total. The Bertz CT molecular complexity index is 717. The van der Waals surface area contributed by atoms with Crippen molar-refractivity contribution in [2.24, 2.45) is 0 Å². The predicted octanol–water partition coefficient (Wildman–Crippen LogP) is 1.91. The van der Waals surface area contributed by atoms with Crippen LogP contribution in [-0.2, 0) is 10.0 Å². The number of nitrogens with two attached hydrogens (primary N) is 1. The van der Waals surface area contributed by atoms with Crippen LogP contribution in [0.2, 0.25) is 0 Å². The molecule has 1 aromatic carbocycles. The summed E-state index contributed by atoms with van der Waals surface area (Å²) in [5.74, 6) is -0.403. The van der Waals surface area contributed by atoms with Crippen LogP contribution in [0.15, 0.2) is 41.6 Å². The van der Waals surface area contributed by atoms with Gasteiger partial charge in [-0.05, 0) is 42.8 Å². The highest BCUT2D eigenvalue weighted by molar-refractivity contribution is 7.92. The fourth-order valence-electron chi connectivity index (χ4n) is 1.54. The standard InChI is InChI=1S/C12H12FN3O2S/c1-8-7-9(4-5-10(8)13)16-19(17,18)12-11(14)3-2-6-15-12/h2-7,16H,14H2,1H3. The fraction of sp³-hybridized carbons (Fsp3) is 0.0833. The van der Waals surface area contributed by atoms with Gasteiger partial charge in [0.15, 0.2) is 5.03 Å². The molecule has 1 heterocycles.